The smallest absolute Gasteiger partial charge is 0.306 e. The molecule has 1 amide bonds. The van der Waals surface area contributed by atoms with E-state index in [2.05, 4.69) is 62.5 Å². The van der Waals surface area contributed by atoms with E-state index in [1.165, 1.54) is 180 Å². The first-order valence-electron chi connectivity index (χ1n) is 32.1. The van der Waals surface area contributed by atoms with E-state index in [4.69, 9.17) is 14.2 Å². The molecule has 11 heteroatoms. The van der Waals surface area contributed by atoms with Crippen molar-refractivity contribution in [3.05, 3.63) is 60.8 Å². The molecule has 0 radical (unpaired) electrons. The Labute approximate surface area is 471 Å². The summed E-state index contributed by atoms with van der Waals surface area (Å²) >= 11 is 0. The molecule has 6 N–H and O–H groups in total. The molecule has 8 unspecified atom stereocenters. The van der Waals surface area contributed by atoms with Crippen LogP contribution >= 0.6 is 0 Å². The number of allylic oxidation sites excluding steroid dienone is 9. The van der Waals surface area contributed by atoms with Crippen LogP contribution in [0.25, 0.3) is 0 Å². The Morgan fingerprint density at radius 2 is 0.896 bits per heavy atom. The Bertz CT molecular complexity index is 1480. The lowest BCUT2D eigenvalue weighted by atomic mass is 9.99. The van der Waals surface area contributed by atoms with E-state index in [1.807, 2.05) is 18.2 Å². The summed E-state index contributed by atoms with van der Waals surface area (Å²) in [5, 5.41) is 56.9. The summed E-state index contributed by atoms with van der Waals surface area (Å²) in [5.41, 5.74) is 0. The first-order chi connectivity index (χ1) is 37.7. The molecule has 448 valence electrons. The first kappa shape index (κ1) is 72.4. The minimum atomic E-state index is -1.64. The molecule has 0 aliphatic carbocycles. The Balaban J connectivity index is 2.61. The van der Waals surface area contributed by atoms with E-state index < -0.39 is 67.4 Å². The number of aliphatic hydroxyl groups excluding tert-OH is 5. The molecule has 1 aliphatic heterocycles. The number of unbranched alkanes of at least 4 members (excludes halogenated alkanes) is 32. The maximum Gasteiger partial charge on any atom is 0.306 e. The van der Waals surface area contributed by atoms with Crippen LogP contribution in [0.3, 0.4) is 0 Å². The normalized spacial score (nSPS) is 19.4. The Morgan fingerprint density at radius 1 is 0.506 bits per heavy atom. The van der Waals surface area contributed by atoms with E-state index >= 15 is 0 Å². The van der Waals surface area contributed by atoms with Crippen molar-refractivity contribution in [1.29, 1.82) is 0 Å². The average molecular weight is 1090 g/mol. The quantitative estimate of drug-likeness (QED) is 0.0195. The van der Waals surface area contributed by atoms with E-state index in [1.54, 1.807) is 6.08 Å². The maximum atomic E-state index is 13.4. The van der Waals surface area contributed by atoms with Crippen molar-refractivity contribution in [2.24, 2.45) is 0 Å². The second-order valence-corrected chi connectivity index (χ2v) is 22.1. The molecule has 1 fully saturated rings. The van der Waals surface area contributed by atoms with Gasteiger partial charge in [0.05, 0.1) is 25.4 Å². The van der Waals surface area contributed by atoms with Crippen molar-refractivity contribution in [2.45, 2.75) is 333 Å². The highest BCUT2D eigenvalue weighted by Crippen LogP contribution is 2.26. The van der Waals surface area contributed by atoms with Gasteiger partial charge in [0.1, 0.15) is 24.4 Å². The van der Waals surface area contributed by atoms with Gasteiger partial charge in [0.15, 0.2) is 12.4 Å². The van der Waals surface area contributed by atoms with Gasteiger partial charge in [-0.15, -0.1) is 0 Å². The van der Waals surface area contributed by atoms with Crippen LogP contribution in [0.15, 0.2) is 60.8 Å². The van der Waals surface area contributed by atoms with Gasteiger partial charge < -0.3 is 45.1 Å². The van der Waals surface area contributed by atoms with E-state index in [0.29, 0.717) is 12.8 Å². The first-order valence-corrected chi connectivity index (χ1v) is 32.1. The molecule has 1 aliphatic rings. The summed E-state index contributed by atoms with van der Waals surface area (Å²) < 4.78 is 17.5. The number of aliphatic hydroxyl groups is 5. The van der Waals surface area contributed by atoms with Crippen LogP contribution in [0.2, 0.25) is 0 Å². The van der Waals surface area contributed by atoms with Gasteiger partial charge in [0.2, 0.25) is 5.91 Å². The van der Waals surface area contributed by atoms with Gasteiger partial charge in [-0.05, 0) is 77.0 Å². The third-order valence-corrected chi connectivity index (χ3v) is 14.9. The summed E-state index contributed by atoms with van der Waals surface area (Å²) in [7, 11) is 0. The third-order valence-electron chi connectivity index (χ3n) is 14.9. The number of ether oxygens (including phenoxy) is 3. The highest BCUT2D eigenvalue weighted by molar-refractivity contribution is 5.80. The largest absolute Gasteiger partial charge is 0.454 e. The van der Waals surface area contributed by atoms with Gasteiger partial charge in [-0.1, -0.05) is 261 Å². The molecule has 1 rings (SSSR count). The summed E-state index contributed by atoms with van der Waals surface area (Å²) in [6, 6.07) is -1.03. The molecule has 77 heavy (non-hydrogen) atoms. The van der Waals surface area contributed by atoms with Crippen LogP contribution in [-0.4, -0.2) is 99.6 Å². The molecule has 11 nitrogen and oxygen atoms in total. The SMILES string of the molecule is CCCCC/C=C\C/C=C\CCCCCCCCCCCCCCCCC(O)C(=O)NC(COC1OC(CO)C(O)C(O)C1OC(=O)CC/C=C/C/C=C\CCCCCCCC)C(O)/C=C/CCCCCCCCCCC. The van der Waals surface area contributed by atoms with Crippen LogP contribution in [0, 0.1) is 0 Å². The van der Waals surface area contributed by atoms with Crippen molar-refractivity contribution in [2.75, 3.05) is 13.2 Å². The van der Waals surface area contributed by atoms with Crippen molar-refractivity contribution < 1.29 is 49.3 Å². The van der Waals surface area contributed by atoms with Crippen molar-refractivity contribution in [3.8, 4) is 0 Å². The van der Waals surface area contributed by atoms with Crippen LogP contribution < -0.4 is 5.32 Å². The zero-order valence-corrected chi connectivity index (χ0v) is 49.6. The van der Waals surface area contributed by atoms with Crippen LogP contribution in [0.4, 0.5) is 0 Å². The number of hydrogen-bond donors (Lipinski definition) is 6. The number of hydrogen-bond acceptors (Lipinski definition) is 10. The van der Waals surface area contributed by atoms with Gasteiger partial charge in [-0.25, -0.2) is 0 Å². The number of esters is 1. The number of amides is 1. The van der Waals surface area contributed by atoms with Gasteiger partial charge in [-0.2, -0.15) is 0 Å². The molecule has 0 bridgehead atoms. The molecule has 8 atom stereocenters. The molecule has 0 aromatic rings. The van der Waals surface area contributed by atoms with Gasteiger partial charge in [-0.3, -0.25) is 9.59 Å². The van der Waals surface area contributed by atoms with Crippen molar-refractivity contribution in [1.82, 2.24) is 5.32 Å². The zero-order chi connectivity index (χ0) is 56.1. The van der Waals surface area contributed by atoms with E-state index in [0.717, 1.165) is 57.8 Å². The van der Waals surface area contributed by atoms with E-state index in [-0.39, 0.29) is 19.4 Å². The van der Waals surface area contributed by atoms with Crippen LogP contribution in [0.5, 0.6) is 0 Å². The van der Waals surface area contributed by atoms with Crippen LogP contribution in [-0.2, 0) is 23.8 Å². The minimum absolute atomic E-state index is 0.0177. The lowest BCUT2D eigenvalue weighted by Crippen LogP contribution is -2.61. The lowest BCUT2D eigenvalue weighted by Gasteiger charge is -2.41. The monoisotopic (exact) mass is 1090 g/mol. The number of carbonyl (C=O) groups excluding carboxylic acids is 2. The van der Waals surface area contributed by atoms with Gasteiger partial charge in [0.25, 0.3) is 0 Å². The molecule has 0 spiro atoms. The fraction of sp³-hybridized carbons (Fsp3) is 0.818. The second-order valence-electron chi connectivity index (χ2n) is 22.1. The molecule has 1 saturated heterocycles. The highest BCUT2D eigenvalue weighted by Gasteiger charge is 2.47. The molecule has 0 aromatic heterocycles. The molecular weight excluding hydrogens is 967 g/mol. The minimum Gasteiger partial charge on any atom is -0.454 e. The molecular formula is C66H119NO10. The molecule has 0 aromatic carbocycles. The maximum absolute atomic E-state index is 13.4. The Kier molecular flexibility index (Phi) is 50.7. The Hall–Kier alpha value is -2.64. The Morgan fingerprint density at radius 3 is 1.35 bits per heavy atom. The van der Waals surface area contributed by atoms with Crippen molar-refractivity contribution in [3.63, 3.8) is 0 Å². The average Bonchev–Trinajstić information content (AvgIpc) is 3.44. The van der Waals surface area contributed by atoms with Gasteiger partial charge in [0, 0.05) is 6.42 Å². The van der Waals surface area contributed by atoms with Gasteiger partial charge >= 0.3 is 5.97 Å². The topological polar surface area (TPSA) is 175 Å². The van der Waals surface area contributed by atoms with Crippen LogP contribution in [0.1, 0.15) is 284 Å². The predicted molar refractivity (Wildman–Crippen MR) is 320 cm³/mol. The lowest BCUT2D eigenvalue weighted by molar-refractivity contribution is -0.305. The molecule has 0 saturated carbocycles. The second kappa shape index (κ2) is 54.0. The number of rotatable bonds is 54. The summed E-state index contributed by atoms with van der Waals surface area (Å²) in [6.45, 7) is 5.73. The molecule has 1 heterocycles. The standard InChI is InChI=1S/C66H119NO10/c1-4-7-10-13-16-19-22-24-25-26-27-28-29-30-31-32-33-34-36-38-41-44-47-50-53-59(70)65(74)67-57(58(69)52-49-46-43-40-37-21-18-15-12-9-6-3)56-75-66-64(63(73)62(72)60(55-68)76-66)77-61(71)54-51-48-45-42-39-35-23-20-17-14-11-8-5-2/h16,19,24-25,35,39,45,48-49,52,57-60,62-64,66,68-70,72-73H,4-15,17-18,20-23,26-34,36-38,40-44,46-47,50-51,53-56H2,1-3H3,(H,67,74)/b19-16-,25-24-,39-35-,48-45+,52-49+. The fourth-order valence-corrected chi connectivity index (χ4v) is 9.79. The zero-order valence-electron chi connectivity index (χ0n) is 49.6. The van der Waals surface area contributed by atoms with Crippen molar-refractivity contribution >= 4 is 11.9 Å². The van der Waals surface area contributed by atoms with E-state index in [9.17, 15) is 35.1 Å². The summed E-state index contributed by atoms with van der Waals surface area (Å²) in [4.78, 5) is 26.5. The highest BCUT2D eigenvalue weighted by atomic mass is 16.7. The summed E-state index contributed by atoms with van der Waals surface area (Å²) in [5.74, 6) is -1.26. The number of nitrogens with one attached hydrogen (secondary N) is 1. The fourth-order valence-electron chi connectivity index (χ4n) is 9.79. The third kappa shape index (κ3) is 42.0. The number of carbonyl (C=O) groups is 2. The summed E-state index contributed by atoms with van der Waals surface area (Å²) in [6.07, 6.45) is 57.2. The predicted octanol–water partition coefficient (Wildman–Crippen LogP) is 15.4.